The van der Waals surface area contributed by atoms with Gasteiger partial charge in [-0.15, -0.1) is 12.6 Å². The van der Waals surface area contributed by atoms with E-state index in [-0.39, 0.29) is 85.8 Å². The van der Waals surface area contributed by atoms with Gasteiger partial charge in [0, 0.05) is 124 Å². The molecule has 542 valence electrons. The number of aromatic nitrogens is 2. The quantitative estimate of drug-likeness (QED) is 0.0187. The van der Waals surface area contributed by atoms with Crippen LogP contribution in [0.4, 0.5) is 22.0 Å². The molecule has 101 heavy (non-hydrogen) atoms. The molecule has 28 nitrogen and oxygen atoms in total. The third-order valence-electron chi connectivity index (χ3n) is 18.4. The monoisotopic (exact) mass is 1490 g/mol. The van der Waals surface area contributed by atoms with E-state index < -0.39 is 73.3 Å². The molecule has 5 N–H and O–H groups in total. The minimum absolute atomic E-state index is 0.0344. The summed E-state index contributed by atoms with van der Waals surface area (Å²) in [5.41, 5.74) is 6.57. The molecule has 0 saturated carbocycles. The molecular weight excluding hydrogens is 1410 g/mol. The van der Waals surface area contributed by atoms with Gasteiger partial charge in [0.05, 0.1) is 39.9 Å². The van der Waals surface area contributed by atoms with Crippen molar-refractivity contribution >= 4 is 114 Å². The number of amides is 3. The summed E-state index contributed by atoms with van der Waals surface area (Å²) >= 11 is 0. The fourth-order valence-electron chi connectivity index (χ4n) is 13.6. The van der Waals surface area contributed by atoms with Gasteiger partial charge >= 0.3 is 22.8 Å². The van der Waals surface area contributed by atoms with Gasteiger partial charge in [-0.25, -0.2) is 27.5 Å². The van der Waals surface area contributed by atoms with Crippen LogP contribution < -0.4 is 20.3 Å². The number of aryl methyl sites for hydroxylation is 2. The van der Waals surface area contributed by atoms with Gasteiger partial charge < -0.3 is 30.1 Å². The first-order chi connectivity index (χ1) is 47.5. The lowest BCUT2D eigenvalue weighted by atomic mass is 9.79. The van der Waals surface area contributed by atoms with Gasteiger partial charge in [-0.2, -0.15) is 39.4 Å². The summed E-state index contributed by atoms with van der Waals surface area (Å²) in [5, 5.41) is 8.89. The predicted molar refractivity (Wildman–Crippen MR) is 377 cm³/mol. The van der Waals surface area contributed by atoms with E-state index in [1.165, 1.54) is 23.5 Å². The van der Waals surface area contributed by atoms with Gasteiger partial charge in [0.1, 0.15) is 12.4 Å². The van der Waals surface area contributed by atoms with Crippen molar-refractivity contribution in [2.75, 3.05) is 81.7 Å². The van der Waals surface area contributed by atoms with Crippen molar-refractivity contribution in [3.05, 3.63) is 155 Å². The fourth-order valence-corrected chi connectivity index (χ4v) is 16.5. The van der Waals surface area contributed by atoms with Crippen LogP contribution in [0.1, 0.15) is 113 Å². The van der Waals surface area contributed by atoms with E-state index in [4.69, 9.17) is 31.9 Å². The molecule has 1 atom stereocenters. The minimum Gasteiger partial charge on any atom is -0.481 e. The van der Waals surface area contributed by atoms with Crippen LogP contribution >= 0.6 is 0 Å². The number of methoxy groups -OCH3 is 1. The van der Waals surface area contributed by atoms with Crippen LogP contribution in [-0.2, 0) is 95.6 Å². The van der Waals surface area contributed by atoms with Crippen molar-refractivity contribution in [2.45, 2.75) is 119 Å². The molecule has 4 aliphatic heterocycles. The maximum atomic E-state index is 14.6. The Bertz CT molecular complexity index is 4920. The van der Waals surface area contributed by atoms with Gasteiger partial charge in [-0.1, -0.05) is 62.4 Å². The molecule has 0 aliphatic carbocycles. The molecular formula is C68H82N9O19S5+. The van der Waals surface area contributed by atoms with E-state index in [1.54, 1.807) is 55.8 Å². The van der Waals surface area contributed by atoms with E-state index in [0.29, 0.717) is 60.2 Å². The molecule has 0 spiro atoms. The number of rotatable bonds is 27. The number of hydrogen-bond donors (Lipinski definition) is 5. The highest BCUT2D eigenvalue weighted by molar-refractivity contribution is 7.89. The lowest BCUT2D eigenvalue weighted by Gasteiger charge is -2.27. The van der Waals surface area contributed by atoms with Gasteiger partial charge in [-0.3, -0.25) is 18.5 Å². The third-order valence-corrected chi connectivity index (χ3v) is 22.7. The number of urea groups is 1. The molecule has 1 saturated heterocycles. The topological polar surface area (TPSA) is 392 Å². The summed E-state index contributed by atoms with van der Waals surface area (Å²) in [7, 11) is -17.4. The number of benzene rings is 4. The zero-order valence-electron chi connectivity index (χ0n) is 56.8. The number of hydrogen-bond acceptors (Lipinski definition) is 20. The number of carbonyl (C=O) groups excluding carboxylic acids is 4. The highest BCUT2D eigenvalue weighted by Crippen LogP contribution is 2.52. The van der Waals surface area contributed by atoms with Crippen molar-refractivity contribution in [3.8, 4) is 5.88 Å². The van der Waals surface area contributed by atoms with Gasteiger partial charge in [0.25, 0.3) is 30.4 Å². The number of ether oxygens (including phenoxy) is 1. The van der Waals surface area contributed by atoms with E-state index in [1.807, 2.05) is 102 Å². The van der Waals surface area contributed by atoms with E-state index in [2.05, 4.69) is 21.7 Å². The number of nitrogens with zero attached hydrogens (tertiary/aromatic N) is 7. The largest absolute Gasteiger partial charge is 0.481 e. The van der Waals surface area contributed by atoms with Gasteiger partial charge in [0.2, 0.25) is 27.5 Å². The molecule has 4 aromatic carbocycles. The summed E-state index contributed by atoms with van der Waals surface area (Å²) in [6, 6.07) is 22.3. The zero-order valence-corrected chi connectivity index (χ0v) is 60.9. The van der Waals surface area contributed by atoms with Gasteiger partial charge in [-0.05, 0) is 140 Å². The summed E-state index contributed by atoms with van der Waals surface area (Å²) < 4.78 is 165. The van der Waals surface area contributed by atoms with E-state index in [9.17, 15) is 56.9 Å². The molecule has 4 aliphatic rings. The standard InChI is InChI=1S/C67H81N9O14S4.CO2.O3S/c1-45(48-26-31-61(90-7)70-43-48)74-38-37-73(65(74)78)34-13-19-54-49(41-47-17-12-32-68-64(47)71-54)44-69-60(77)23-14-33-72(6)93(85,86)57-20-11-18-52-51(57)28-30-56-62(52)66(2,3)58(76(56)36-16-40-92(82,83)84)21-9-8-10-22-59-67(4,5)63-53-42-50(94(87,88)89)27-24-46(53)25-29-55(63)75(59)35-15-39-91(79,80)81;2-1-3;1-4(2)3/h8-11,18,20-22,24-31,41-43,45H,12-17,19,23,32-40,44H2,1-7H3,(H4-,68,69,71,77,79,80,81,82,83,84,87,88,89);;/p+1/t45-;;/m0../s1. The molecule has 0 radical (unpaired) electrons. The Kier molecular flexibility index (Phi) is 25.2. The average Bonchev–Trinajstić information content (AvgIpc) is 1.58. The van der Waals surface area contributed by atoms with E-state index in [0.717, 1.165) is 81.2 Å². The van der Waals surface area contributed by atoms with Crippen LogP contribution in [0.25, 0.3) is 21.5 Å². The number of pyridine rings is 2. The van der Waals surface area contributed by atoms with Crippen LogP contribution in [0, 0.1) is 0 Å². The minimum atomic E-state index is -4.55. The van der Waals surface area contributed by atoms with Crippen LogP contribution in [0.5, 0.6) is 5.88 Å². The lowest BCUT2D eigenvalue weighted by molar-refractivity contribution is -0.437. The second kappa shape index (κ2) is 32.6. The van der Waals surface area contributed by atoms with Crippen LogP contribution in [-0.4, -0.2) is 184 Å². The Labute approximate surface area is 589 Å². The normalized spacial score (nSPS) is 16.4. The number of carbonyl (C=O) groups is 2. The summed E-state index contributed by atoms with van der Waals surface area (Å²) in [6.07, 6.45) is 14.6. The molecule has 0 bridgehead atoms. The lowest BCUT2D eigenvalue weighted by Crippen LogP contribution is -2.34. The molecule has 33 heteroatoms. The summed E-state index contributed by atoms with van der Waals surface area (Å²) in [5.74, 6) is 0.102. The third kappa shape index (κ3) is 18.7. The predicted octanol–water partition coefficient (Wildman–Crippen LogP) is 7.68. The first-order valence-corrected chi connectivity index (χ1v) is 39.4. The Hall–Kier alpha value is -8.63. The van der Waals surface area contributed by atoms with Crippen molar-refractivity contribution in [3.63, 3.8) is 0 Å². The Balaban J connectivity index is 0.00000177. The summed E-state index contributed by atoms with van der Waals surface area (Å²) in [6.45, 7) is 13.1. The molecule has 3 amide bonds. The van der Waals surface area contributed by atoms with Gasteiger partial charge in [0.15, 0.2) is 5.71 Å². The Morgan fingerprint density at radius 1 is 0.832 bits per heavy atom. The molecule has 6 heterocycles. The maximum absolute atomic E-state index is 14.6. The van der Waals surface area contributed by atoms with Crippen LogP contribution in [0.3, 0.4) is 0 Å². The Morgan fingerprint density at radius 2 is 1.53 bits per heavy atom. The van der Waals surface area contributed by atoms with Crippen molar-refractivity contribution < 1.29 is 88.4 Å². The number of sulfonamides is 1. The molecule has 2 aromatic heterocycles. The SMILES string of the molecule is COc1ccc([C@H](C)N2CCN(CCCc3nc4c(cc3CNC(=O)CCCN(C)S(=O)(=O)c3cccc5c6c(ccc35)N(CCCS(=O)(=O)O)/C(=C/C=C/C=C/C3=[N+](CCCS(=O)(=O)O)c5ccc7ccc(S(=O)(=O)O)cc7c5C3(C)C)C6(C)C)CCCN4)C2=O)cn1.O=C=O.O=S(=O)=O. The Morgan fingerprint density at radius 3 is 2.21 bits per heavy atom. The number of allylic oxidation sites excluding steroid dienone is 6. The number of nitrogens with one attached hydrogen (secondary N) is 2. The molecule has 6 aromatic rings. The highest BCUT2D eigenvalue weighted by atomic mass is 32.2. The second-order valence-electron chi connectivity index (χ2n) is 25.6. The molecule has 0 unspecified atom stereocenters. The van der Waals surface area contributed by atoms with Crippen molar-refractivity contribution in [2.24, 2.45) is 0 Å². The van der Waals surface area contributed by atoms with Crippen LogP contribution in [0.2, 0.25) is 0 Å². The van der Waals surface area contributed by atoms with Crippen LogP contribution in [0.15, 0.2) is 131 Å². The summed E-state index contributed by atoms with van der Waals surface area (Å²) in [4.78, 5) is 58.2. The van der Waals surface area contributed by atoms with Crippen molar-refractivity contribution in [1.82, 2.24) is 29.4 Å². The first-order valence-electron chi connectivity index (χ1n) is 32.3. The molecule has 1 fully saturated rings. The van der Waals surface area contributed by atoms with E-state index >= 15 is 0 Å². The number of anilines is 2. The second-order valence-corrected chi connectivity index (χ2v) is 32.6. The first kappa shape index (κ1) is 78.1. The van der Waals surface area contributed by atoms with Crippen molar-refractivity contribution in [1.29, 1.82) is 0 Å². The zero-order chi connectivity index (χ0) is 74.0. The number of fused-ring (bicyclic) bond motifs is 7. The average molecular weight is 1490 g/mol. The fraction of sp³-hybridized carbons (Fsp3) is 0.412. The molecule has 10 rings (SSSR count). The smallest absolute Gasteiger partial charge is 0.425 e. The highest BCUT2D eigenvalue weighted by Gasteiger charge is 2.46. The maximum Gasteiger partial charge on any atom is 0.425 e.